The minimum absolute atomic E-state index is 0.269. The summed E-state index contributed by atoms with van der Waals surface area (Å²) in [6.07, 6.45) is 8.93. The van der Waals surface area contributed by atoms with Crippen LogP contribution in [0.25, 0.3) is 0 Å². The number of hydrogen-bond acceptors (Lipinski definition) is 4. The maximum atomic E-state index is 12.0. The third-order valence-corrected chi connectivity index (χ3v) is 5.28. The van der Waals surface area contributed by atoms with Crippen molar-refractivity contribution in [2.45, 2.75) is 37.5 Å². The maximum absolute atomic E-state index is 12.0. The molecule has 0 amide bonds. The van der Waals surface area contributed by atoms with Gasteiger partial charge in [0.25, 0.3) is 0 Å². The predicted molar refractivity (Wildman–Crippen MR) is 74.3 cm³/mol. The van der Waals surface area contributed by atoms with Crippen LogP contribution in [0.2, 0.25) is 0 Å². The summed E-state index contributed by atoms with van der Waals surface area (Å²) in [5, 5.41) is 2.86. The molecule has 1 fully saturated rings. The molecule has 0 saturated carbocycles. The predicted octanol–water partition coefficient (Wildman–Crippen LogP) is 0.335. The summed E-state index contributed by atoms with van der Waals surface area (Å²) in [7, 11) is -3.15. The number of hydrogen-bond donors (Lipinski definition) is 2. The molecule has 1 unspecified atom stereocenters. The summed E-state index contributed by atoms with van der Waals surface area (Å²) >= 11 is 0. The van der Waals surface area contributed by atoms with Crippen LogP contribution in [-0.4, -0.2) is 42.9 Å². The van der Waals surface area contributed by atoms with Gasteiger partial charge in [0, 0.05) is 32.0 Å². The maximum Gasteiger partial charge on any atom is 0.215 e. The standard InChI is InChI=1S/C12H22N4O2S/c17-19(18,12-4-3-5-13-10-12)15-6-1-2-8-16-9-7-14-11-16/h7,9,11-13,15H,1-6,8,10H2. The van der Waals surface area contributed by atoms with Crippen LogP contribution in [0.4, 0.5) is 0 Å². The Morgan fingerprint density at radius 3 is 3.00 bits per heavy atom. The van der Waals surface area contributed by atoms with Crippen LogP contribution in [0.3, 0.4) is 0 Å². The fourth-order valence-electron chi connectivity index (χ4n) is 2.26. The molecule has 1 aromatic rings. The summed E-state index contributed by atoms with van der Waals surface area (Å²) in [5.74, 6) is 0. The molecule has 2 rings (SSSR count). The van der Waals surface area contributed by atoms with E-state index in [2.05, 4.69) is 15.0 Å². The molecule has 2 heterocycles. The molecule has 1 aliphatic rings. The van der Waals surface area contributed by atoms with Crippen LogP contribution in [-0.2, 0) is 16.6 Å². The number of aryl methyl sites for hydroxylation is 1. The quantitative estimate of drug-likeness (QED) is 0.709. The first-order chi connectivity index (χ1) is 9.18. The molecular weight excluding hydrogens is 264 g/mol. The van der Waals surface area contributed by atoms with E-state index >= 15 is 0 Å². The van der Waals surface area contributed by atoms with E-state index in [-0.39, 0.29) is 5.25 Å². The van der Waals surface area contributed by atoms with Gasteiger partial charge in [-0.3, -0.25) is 0 Å². The van der Waals surface area contributed by atoms with Gasteiger partial charge in [-0.25, -0.2) is 18.1 Å². The zero-order valence-electron chi connectivity index (χ0n) is 11.1. The van der Waals surface area contributed by atoms with Crippen LogP contribution >= 0.6 is 0 Å². The fraction of sp³-hybridized carbons (Fsp3) is 0.750. The Morgan fingerprint density at radius 2 is 2.32 bits per heavy atom. The summed E-state index contributed by atoms with van der Waals surface area (Å²) in [6.45, 7) is 2.90. The Labute approximate surface area is 114 Å². The lowest BCUT2D eigenvalue weighted by atomic mass is 10.2. The number of sulfonamides is 1. The van der Waals surface area contributed by atoms with Gasteiger partial charge in [0.2, 0.25) is 10.0 Å². The normalized spacial score (nSPS) is 20.5. The van der Waals surface area contributed by atoms with E-state index in [1.54, 1.807) is 12.5 Å². The molecule has 0 spiro atoms. The van der Waals surface area contributed by atoms with Crippen LogP contribution in [0.1, 0.15) is 25.7 Å². The number of piperidine rings is 1. The zero-order chi connectivity index (χ0) is 13.6. The highest BCUT2D eigenvalue weighted by atomic mass is 32.2. The van der Waals surface area contributed by atoms with Crippen molar-refractivity contribution in [1.29, 1.82) is 0 Å². The molecule has 108 valence electrons. The topological polar surface area (TPSA) is 76.0 Å². The second kappa shape index (κ2) is 7.02. The van der Waals surface area contributed by atoms with Crippen LogP contribution in [0.5, 0.6) is 0 Å². The van der Waals surface area contributed by atoms with Crippen molar-refractivity contribution in [3.63, 3.8) is 0 Å². The van der Waals surface area contributed by atoms with E-state index in [4.69, 9.17) is 0 Å². The Balaban J connectivity index is 1.64. The molecule has 1 atom stereocenters. The number of aromatic nitrogens is 2. The van der Waals surface area contributed by atoms with Gasteiger partial charge in [0.1, 0.15) is 0 Å². The lowest BCUT2D eigenvalue weighted by Gasteiger charge is -2.23. The van der Waals surface area contributed by atoms with Crippen molar-refractivity contribution in [2.24, 2.45) is 0 Å². The molecule has 0 aromatic carbocycles. The van der Waals surface area contributed by atoms with E-state index in [1.165, 1.54) is 0 Å². The van der Waals surface area contributed by atoms with Crippen molar-refractivity contribution in [3.05, 3.63) is 18.7 Å². The Hall–Kier alpha value is -0.920. The first-order valence-corrected chi connectivity index (χ1v) is 8.38. The molecular formula is C12H22N4O2S. The average Bonchev–Trinajstić information content (AvgIpc) is 2.92. The highest BCUT2D eigenvalue weighted by Crippen LogP contribution is 2.10. The highest BCUT2D eigenvalue weighted by molar-refractivity contribution is 7.90. The molecule has 1 aliphatic heterocycles. The smallest absolute Gasteiger partial charge is 0.215 e. The summed E-state index contributed by atoms with van der Waals surface area (Å²) in [6, 6.07) is 0. The van der Waals surface area contributed by atoms with Crippen molar-refractivity contribution in [1.82, 2.24) is 19.6 Å². The van der Waals surface area contributed by atoms with E-state index in [9.17, 15) is 8.42 Å². The largest absolute Gasteiger partial charge is 0.337 e. The molecule has 6 nitrogen and oxygen atoms in total. The highest BCUT2D eigenvalue weighted by Gasteiger charge is 2.26. The molecule has 0 bridgehead atoms. The van der Waals surface area contributed by atoms with Crippen molar-refractivity contribution >= 4 is 10.0 Å². The van der Waals surface area contributed by atoms with Gasteiger partial charge in [0.15, 0.2) is 0 Å². The molecule has 0 aliphatic carbocycles. The van der Waals surface area contributed by atoms with Crippen LogP contribution in [0, 0.1) is 0 Å². The Bertz CT molecular complexity index is 452. The summed E-state index contributed by atoms with van der Waals surface area (Å²) < 4.78 is 28.7. The number of unbranched alkanes of at least 4 members (excludes halogenated alkanes) is 1. The Kier molecular flexibility index (Phi) is 5.35. The second-order valence-corrected chi connectivity index (χ2v) is 6.96. The van der Waals surface area contributed by atoms with Gasteiger partial charge >= 0.3 is 0 Å². The van der Waals surface area contributed by atoms with Gasteiger partial charge in [0.05, 0.1) is 11.6 Å². The third-order valence-electron chi connectivity index (χ3n) is 3.40. The number of nitrogens with zero attached hydrogens (tertiary/aromatic N) is 2. The fourth-order valence-corrected chi connectivity index (χ4v) is 3.73. The molecule has 1 saturated heterocycles. The van der Waals surface area contributed by atoms with E-state index in [1.807, 2.05) is 10.8 Å². The molecule has 7 heteroatoms. The van der Waals surface area contributed by atoms with E-state index in [0.29, 0.717) is 13.1 Å². The lowest BCUT2D eigenvalue weighted by Crippen LogP contribution is -2.44. The van der Waals surface area contributed by atoms with Gasteiger partial charge < -0.3 is 9.88 Å². The van der Waals surface area contributed by atoms with Gasteiger partial charge in [-0.2, -0.15) is 0 Å². The first-order valence-electron chi connectivity index (χ1n) is 6.83. The third kappa shape index (κ3) is 4.59. The minimum Gasteiger partial charge on any atom is -0.337 e. The van der Waals surface area contributed by atoms with Crippen molar-refractivity contribution in [3.8, 4) is 0 Å². The molecule has 0 radical (unpaired) electrons. The molecule has 2 N–H and O–H groups in total. The van der Waals surface area contributed by atoms with E-state index in [0.717, 1.165) is 38.8 Å². The van der Waals surface area contributed by atoms with E-state index < -0.39 is 10.0 Å². The first kappa shape index (κ1) is 14.5. The Morgan fingerprint density at radius 1 is 1.42 bits per heavy atom. The number of rotatable bonds is 7. The second-order valence-electron chi connectivity index (χ2n) is 4.92. The van der Waals surface area contributed by atoms with Crippen LogP contribution in [0.15, 0.2) is 18.7 Å². The zero-order valence-corrected chi connectivity index (χ0v) is 11.9. The van der Waals surface area contributed by atoms with Gasteiger partial charge in [-0.1, -0.05) is 0 Å². The minimum atomic E-state index is -3.15. The van der Waals surface area contributed by atoms with Crippen LogP contribution < -0.4 is 10.0 Å². The SMILES string of the molecule is O=S(=O)(NCCCCn1ccnc1)C1CCCNC1. The number of nitrogens with one attached hydrogen (secondary N) is 2. The monoisotopic (exact) mass is 286 g/mol. The number of imidazole rings is 1. The molecule has 1 aromatic heterocycles. The molecule has 19 heavy (non-hydrogen) atoms. The summed E-state index contributed by atoms with van der Waals surface area (Å²) in [4.78, 5) is 3.97. The van der Waals surface area contributed by atoms with Crippen molar-refractivity contribution < 1.29 is 8.42 Å². The van der Waals surface area contributed by atoms with Gasteiger partial charge in [-0.05, 0) is 32.2 Å². The van der Waals surface area contributed by atoms with Crippen molar-refractivity contribution in [2.75, 3.05) is 19.6 Å². The lowest BCUT2D eigenvalue weighted by molar-refractivity contribution is 0.488. The average molecular weight is 286 g/mol. The summed E-state index contributed by atoms with van der Waals surface area (Å²) in [5.41, 5.74) is 0. The van der Waals surface area contributed by atoms with Gasteiger partial charge in [-0.15, -0.1) is 0 Å².